The zero-order valence-electron chi connectivity index (χ0n) is 24.1. The Hall–Kier alpha value is -4.58. The van der Waals surface area contributed by atoms with Crippen molar-refractivity contribution in [2.45, 2.75) is 58.3 Å². The lowest BCUT2D eigenvalue weighted by atomic mass is 10.1. The lowest BCUT2D eigenvalue weighted by Crippen LogP contribution is -2.49. The highest BCUT2D eigenvalue weighted by Crippen LogP contribution is 2.28. The normalized spacial score (nSPS) is 15.3. The zero-order valence-corrected chi connectivity index (χ0v) is 24.9. The third kappa shape index (κ3) is 7.08. The van der Waals surface area contributed by atoms with Crippen LogP contribution in [0.2, 0.25) is 5.02 Å². The van der Waals surface area contributed by atoms with E-state index in [-0.39, 0.29) is 29.8 Å². The highest BCUT2D eigenvalue weighted by Gasteiger charge is 2.30. The van der Waals surface area contributed by atoms with Crippen LogP contribution < -0.4 is 20.5 Å². The van der Waals surface area contributed by atoms with E-state index in [1.54, 1.807) is 61.7 Å². The van der Waals surface area contributed by atoms with E-state index in [2.05, 4.69) is 10.3 Å². The van der Waals surface area contributed by atoms with Crippen LogP contribution in [0.4, 0.5) is 10.7 Å². The molecule has 0 spiro atoms. The molecule has 2 aromatic heterocycles. The summed E-state index contributed by atoms with van der Waals surface area (Å²) in [4.78, 5) is 49.6. The fourth-order valence-corrected chi connectivity index (χ4v) is 5.16. The predicted molar refractivity (Wildman–Crippen MR) is 161 cm³/mol. The Bertz CT molecular complexity index is 1700. The number of piperidine rings is 1. The number of rotatable bonds is 8. The van der Waals surface area contributed by atoms with Crippen LogP contribution in [-0.2, 0) is 22.6 Å². The van der Waals surface area contributed by atoms with Crippen LogP contribution in [0.15, 0.2) is 59.4 Å². The number of anilines is 1. The topological polar surface area (TPSA) is 141 Å². The molecule has 2 N–H and O–H groups in total. The number of imidazole rings is 1. The smallest absolute Gasteiger partial charge is 0.407 e. The Morgan fingerprint density at radius 3 is 2.49 bits per heavy atom. The maximum absolute atomic E-state index is 14.0. The average molecular weight is 609 g/mol. The molecule has 1 saturated heterocycles. The Kier molecular flexibility index (Phi) is 8.58. The molecule has 1 atom stereocenters. The molecule has 0 radical (unpaired) electrons. The van der Waals surface area contributed by atoms with Gasteiger partial charge in [-0.05, 0) is 57.4 Å². The van der Waals surface area contributed by atoms with Crippen molar-refractivity contribution in [2.75, 3.05) is 18.0 Å². The van der Waals surface area contributed by atoms with Crippen LogP contribution in [0.5, 0.6) is 11.8 Å². The number of nitrogens with one attached hydrogen (secondary N) is 1. The molecule has 0 unspecified atom stereocenters. The number of benzene rings is 2. The Balaban J connectivity index is 1.60. The van der Waals surface area contributed by atoms with Crippen molar-refractivity contribution in [3.05, 3.63) is 75.5 Å². The summed E-state index contributed by atoms with van der Waals surface area (Å²) in [6.45, 7) is 5.93. The highest BCUT2D eigenvalue weighted by atomic mass is 35.5. The fourth-order valence-electron chi connectivity index (χ4n) is 4.97. The molecular weight excluding hydrogens is 576 g/mol. The van der Waals surface area contributed by atoms with Crippen LogP contribution in [-0.4, -0.2) is 61.0 Å². The van der Waals surface area contributed by atoms with E-state index in [0.717, 1.165) is 23.0 Å². The summed E-state index contributed by atoms with van der Waals surface area (Å²) in [6, 6.07) is 15.5. The summed E-state index contributed by atoms with van der Waals surface area (Å²) >= 11 is 6.51. The first-order valence-electron chi connectivity index (χ1n) is 13.9. The van der Waals surface area contributed by atoms with Gasteiger partial charge in [-0.15, -0.1) is 0 Å². The van der Waals surface area contributed by atoms with Gasteiger partial charge in [0.2, 0.25) is 5.95 Å². The second-order valence-corrected chi connectivity index (χ2v) is 11.7. The van der Waals surface area contributed by atoms with Gasteiger partial charge in [0.25, 0.3) is 5.56 Å². The van der Waals surface area contributed by atoms with Crippen LogP contribution in [0.1, 0.15) is 39.2 Å². The molecule has 43 heavy (non-hydrogen) atoms. The second kappa shape index (κ2) is 12.3. The van der Waals surface area contributed by atoms with Gasteiger partial charge in [0, 0.05) is 24.2 Å². The molecule has 0 bridgehead atoms. The predicted octanol–water partition coefficient (Wildman–Crippen LogP) is 4.67. The highest BCUT2D eigenvalue weighted by molar-refractivity contribution is 6.31. The first-order valence-corrected chi connectivity index (χ1v) is 14.3. The van der Waals surface area contributed by atoms with E-state index in [4.69, 9.17) is 26.1 Å². The molecule has 4 aromatic rings. The number of nitrogens with zero attached hydrogens (tertiary/aromatic N) is 5. The summed E-state index contributed by atoms with van der Waals surface area (Å²) in [6.07, 6.45) is 0.971. The van der Waals surface area contributed by atoms with Crippen molar-refractivity contribution in [3.63, 3.8) is 0 Å². The molecule has 0 aliphatic carbocycles. The summed E-state index contributed by atoms with van der Waals surface area (Å²) in [5.74, 6) is -0.407. The van der Waals surface area contributed by atoms with Crippen molar-refractivity contribution in [2.24, 2.45) is 0 Å². The summed E-state index contributed by atoms with van der Waals surface area (Å²) in [5.41, 5.74) is -0.313. The number of para-hydroxylation sites is 1. The van der Waals surface area contributed by atoms with Crippen molar-refractivity contribution in [1.29, 1.82) is 0 Å². The average Bonchev–Trinajstić information content (AvgIpc) is 3.29. The minimum atomic E-state index is -1.23. The Morgan fingerprint density at radius 1 is 1.07 bits per heavy atom. The number of carboxylic acid groups (broad SMARTS) is 1. The molecule has 5 rings (SSSR count). The van der Waals surface area contributed by atoms with Gasteiger partial charge >= 0.3 is 18.1 Å². The quantitative estimate of drug-likeness (QED) is 0.292. The number of halogens is 1. The molecule has 1 aliphatic heterocycles. The van der Waals surface area contributed by atoms with E-state index >= 15 is 0 Å². The molecule has 13 heteroatoms. The minimum Gasteiger partial charge on any atom is -0.480 e. The standard InChI is InChI=1S/C30H33ClN6O6/c1-30(2,3)43-29(41)32-20-11-9-15-35(17-20)27-33-25-24(36(27)16-19-10-7-8-14-22(19)31)26(40)37(18-23(38)39)28(34-25)42-21-12-5-4-6-13-21/h4-8,10,12-14,20H,9,11,15-18H2,1-3H3,(H,32,41)(H,38,39)/t20-/m1/s1. The molecule has 1 amide bonds. The summed E-state index contributed by atoms with van der Waals surface area (Å²) in [5, 5.41) is 13.1. The lowest BCUT2D eigenvalue weighted by molar-refractivity contribution is -0.137. The summed E-state index contributed by atoms with van der Waals surface area (Å²) in [7, 11) is 0. The zero-order chi connectivity index (χ0) is 30.7. The van der Waals surface area contributed by atoms with Crippen LogP contribution >= 0.6 is 11.6 Å². The third-order valence-electron chi connectivity index (χ3n) is 6.77. The van der Waals surface area contributed by atoms with Gasteiger partial charge < -0.3 is 24.8 Å². The van der Waals surface area contributed by atoms with Gasteiger partial charge in [0.1, 0.15) is 17.9 Å². The number of alkyl carbamates (subject to hydrolysis) is 1. The van der Waals surface area contributed by atoms with Crippen molar-refractivity contribution in [3.8, 4) is 11.8 Å². The van der Waals surface area contributed by atoms with Gasteiger partial charge in [-0.25, -0.2) is 9.36 Å². The molecule has 1 aliphatic rings. The van der Waals surface area contributed by atoms with E-state index < -0.39 is 29.8 Å². The maximum Gasteiger partial charge on any atom is 0.407 e. The van der Waals surface area contributed by atoms with E-state index in [0.29, 0.717) is 29.8 Å². The maximum atomic E-state index is 14.0. The third-order valence-corrected chi connectivity index (χ3v) is 7.14. The van der Waals surface area contributed by atoms with Crippen LogP contribution in [0.25, 0.3) is 11.2 Å². The molecule has 226 valence electrons. The number of carboxylic acids is 1. The van der Waals surface area contributed by atoms with Gasteiger partial charge in [0.05, 0.1) is 6.54 Å². The molecular formula is C30H33ClN6O6. The number of amides is 1. The van der Waals surface area contributed by atoms with Crippen molar-refractivity contribution < 1.29 is 24.2 Å². The minimum absolute atomic E-state index is 0.0989. The molecule has 2 aromatic carbocycles. The Morgan fingerprint density at radius 2 is 1.79 bits per heavy atom. The largest absolute Gasteiger partial charge is 0.480 e. The van der Waals surface area contributed by atoms with E-state index in [9.17, 15) is 19.5 Å². The number of ether oxygens (including phenoxy) is 2. The van der Waals surface area contributed by atoms with Crippen molar-refractivity contribution in [1.82, 2.24) is 24.4 Å². The van der Waals surface area contributed by atoms with Gasteiger partial charge in [-0.2, -0.15) is 9.97 Å². The first-order chi connectivity index (χ1) is 20.5. The SMILES string of the molecule is CC(C)(C)OC(=O)N[C@@H]1CCCN(c2nc3nc(Oc4ccccc4)n(CC(=O)O)c(=O)c3n2Cc2ccccc2Cl)C1. The van der Waals surface area contributed by atoms with Gasteiger partial charge in [-0.1, -0.05) is 48.0 Å². The Labute approximate surface area is 252 Å². The van der Waals surface area contributed by atoms with Crippen LogP contribution in [0.3, 0.4) is 0 Å². The number of aromatic nitrogens is 4. The summed E-state index contributed by atoms with van der Waals surface area (Å²) < 4.78 is 14.0. The fraction of sp³-hybridized carbons (Fsp3) is 0.367. The molecule has 1 fully saturated rings. The molecule has 3 heterocycles. The second-order valence-electron chi connectivity index (χ2n) is 11.3. The van der Waals surface area contributed by atoms with Gasteiger partial charge in [-0.3, -0.25) is 14.2 Å². The van der Waals surface area contributed by atoms with Crippen molar-refractivity contribution >= 4 is 40.8 Å². The van der Waals surface area contributed by atoms with Gasteiger partial charge in [0.15, 0.2) is 11.2 Å². The number of hydrogen-bond acceptors (Lipinski definition) is 8. The van der Waals surface area contributed by atoms with E-state index in [1.807, 2.05) is 23.1 Å². The van der Waals surface area contributed by atoms with E-state index in [1.165, 1.54) is 0 Å². The number of aliphatic carboxylic acids is 1. The van der Waals surface area contributed by atoms with Crippen LogP contribution in [0, 0.1) is 0 Å². The number of fused-ring (bicyclic) bond motifs is 1. The number of carbonyl (C=O) groups excluding carboxylic acids is 1. The number of carbonyl (C=O) groups is 2. The molecule has 0 saturated carbocycles. The molecule has 12 nitrogen and oxygen atoms in total. The monoisotopic (exact) mass is 608 g/mol. The first kappa shape index (κ1) is 29.9. The number of hydrogen-bond donors (Lipinski definition) is 2. The lowest BCUT2D eigenvalue weighted by Gasteiger charge is -2.34.